The van der Waals surface area contributed by atoms with E-state index < -0.39 is 0 Å². The summed E-state index contributed by atoms with van der Waals surface area (Å²) < 4.78 is 0. The molecule has 1 aliphatic rings. The molecule has 3 aromatic rings. The Morgan fingerprint density at radius 1 is 0.783 bits per heavy atom. The molecule has 1 unspecified atom stereocenters. The molecule has 3 aromatic carbocycles. The minimum absolute atomic E-state index is 0.116. The van der Waals surface area contributed by atoms with E-state index in [9.17, 15) is 4.79 Å². The van der Waals surface area contributed by atoms with Crippen LogP contribution in [0.5, 0.6) is 0 Å². The summed E-state index contributed by atoms with van der Waals surface area (Å²) >= 11 is 0. The van der Waals surface area contributed by atoms with Crippen LogP contribution >= 0.6 is 0 Å². The molecule has 1 saturated carbocycles. The first-order chi connectivity index (χ1) is 11.3. The van der Waals surface area contributed by atoms with Gasteiger partial charge >= 0.3 is 0 Å². The number of hydrogen-bond acceptors (Lipinski definition) is 1. The van der Waals surface area contributed by atoms with Crippen LogP contribution in [0, 0.1) is 0 Å². The number of carbonyl (C=O) groups is 1. The van der Waals surface area contributed by atoms with Gasteiger partial charge < -0.3 is 0 Å². The fourth-order valence-electron chi connectivity index (χ4n) is 3.71. The maximum atomic E-state index is 12.1. The monoisotopic (exact) mass is 300 g/mol. The molecule has 1 heteroatoms. The van der Waals surface area contributed by atoms with Crippen molar-refractivity contribution in [2.75, 3.05) is 0 Å². The van der Waals surface area contributed by atoms with E-state index in [-0.39, 0.29) is 5.92 Å². The van der Waals surface area contributed by atoms with E-state index >= 15 is 0 Å². The van der Waals surface area contributed by atoms with Gasteiger partial charge in [0.1, 0.15) is 5.78 Å². The number of benzene rings is 3. The topological polar surface area (TPSA) is 17.1 Å². The number of hydrogen-bond donors (Lipinski definition) is 0. The van der Waals surface area contributed by atoms with Crippen LogP contribution in [0.4, 0.5) is 0 Å². The van der Waals surface area contributed by atoms with E-state index in [0.29, 0.717) is 5.78 Å². The van der Waals surface area contributed by atoms with Crippen molar-refractivity contribution < 1.29 is 4.79 Å². The molecule has 0 saturated heterocycles. The van der Waals surface area contributed by atoms with Gasteiger partial charge in [-0.3, -0.25) is 4.79 Å². The Balaban J connectivity index is 1.71. The second-order valence-electron chi connectivity index (χ2n) is 6.41. The molecule has 0 amide bonds. The van der Waals surface area contributed by atoms with Crippen molar-refractivity contribution in [3.8, 4) is 11.1 Å². The van der Waals surface area contributed by atoms with Crippen LogP contribution in [0.15, 0.2) is 66.7 Å². The summed E-state index contributed by atoms with van der Waals surface area (Å²) in [6.07, 6.45) is 3.98. The average molecular weight is 300 g/mol. The lowest BCUT2D eigenvalue weighted by Gasteiger charge is -2.21. The molecule has 1 aliphatic carbocycles. The highest BCUT2D eigenvalue weighted by Gasteiger charge is 2.23. The molecular weight excluding hydrogens is 280 g/mol. The molecule has 0 radical (unpaired) electrons. The van der Waals surface area contributed by atoms with Crippen LogP contribution in [-0.2, 0) is 4.79 Å². The first-order valence-corrected chi connectivity index (χ1v) is 8.44. The fourth-order valence-corrected chi connectivity index (χ4v) is 3.71. The Morgan fingerprint density at radius 3 is 2.39 bits per heavy atom. The predicted octanol–water partition coefficient (Wildman–Crippen LogP) is 5.73. The van der Waals surface area contributed by atoms with E-state index in [1.54, 1.807) is 0 Å². The van der Waals surface area contributed by atoms with Crippen molar-refractivity contribution in [3.05, 3.63) is 72.3 Å². The molecule has 1 atom stereocenters. The largest absolute Gasteiger partial charge is 0.299 e. The molecule has 0 spiro atoms. The first kappa shape index (κ1) is 14.2. The molecule has 0 heterocycles. The van der Waals surface area contributed by atoms with Crippen LogP contribution in [-0.4, -0.2) is 5.78 Å². The number of rotatable bonds is 2. The number of fused-ring (bicyclic) bond motifs is 1. The smallest absolute Gasteiger partial charge is 0.140 e. The fraction of sp³-hybridized carbons (Fsp3) is 0.227. The number of Topliss-reactive ketones (excluding diaryl/α,β-unsaturated/α-hetero) is 1. The zero-order valence-corrected chi connectivity index (χ0v) is 13.2. The van der Waals surface area contributed by atoms with Gasteiger partial charge in [-0.1, -0.05) is 73.2 Å². The third kappa shape index (κ3) is 2.68. The normalized spacial score (nSPS) is 18.3. The van der Waals surface area contributed by atoms with Gasteiger partial charge in [0.05, 0.1) is 0 Å². The molecule has 0 N–H and O–H groups in total. The van der Waals surface area contributed by atoms with Gasteiger partial charge in [-0.05, 0) is 40.3 Å². The summed E-state index contributed by atoms with van der Waals surface area (Å²) in [6, 6.07) is 23.5. The van der Waals surface area contributed by atoms with Crippen molar-refractivity contribution >= 4 is 16.6 Å². The quantitative estimate of drug-likeness (QED) is 0.590. The third-order valence-electron chi connectivity index (χ3n) is 4.97. The van der Waals surface area contributed by atoms with Crippen LogP contribution in [0.2, 0.25) is 0 Å². The zero-order chi connectivity index (χ0) is 15.6. The van der Waals surface area contributed by atoms with E-state index in [1.807, 2.05) is 0 Å². The number of ketones is 1. The van der Waals surface area contributed by atoms with E-state index in [4.69, 9.17) is 0 Å². The van der Waals surface area contributed by atoms with E-state index in [0.717, 1.165) is 19.3 Å². The maximum absolute atomic E-state index is 12.1. The Hall–Kier alpha value is -2.41. The zero-order valence-electron chi connectivity index (χ0n) is 13.2. The van der Waals surface area contributed by atoms with Crippen molar-refractivity contribution in [3.63, 3.8) is 0 Å². The Morgan fingerprint density at radius 2 is 1.57 bits per heavy atom. The van der Waals surface area contributed by atoms with Gasteiger partial charge in [0.25, 0.3) is 0 Å². The van der Waals surface area contributed by atoms with Crippen molar-refractivity contribution in [2.24, 2.45) is 0 Å². The Labute approximate surface area is 137 Å². The van der Waals surface area contributed by atoms with Crippen LogP contribution in [0.3, 0.4) is 0 Å². The number of carbonyl (C=O) groups excluding carboxylic acids is 1. The summed E-state index contributed by atoms with van der Waals surface area (Å²) in [5.74, 6) is 0.527. The summed E-state index contributed by atoms with van der Waals surface area (Å²) in [5, 5.41) is 2.54. The Kier molecular flexibility index (Phi) is 3.70. The first-order valence-electron chi connectivity index (χ1n) is 8.44. The van der Waals surface area contributed by atoms with Gasteiger partial charge in [-0.15, -0.1) is 0 Å². The van der Waals surface area contributed by atoms with E-state index in [2.05, 4.69) is 66.7 Å². The van der Waals surface area contributed by atoms with Gasteiger partial charge in [-0.25, -0.2) is 0 Å². The minimum atomic E-state index is 0.116. The maximum Gasteiger partial charge on any atom is 0.140 e. The van der Waals surface area contributed by atoms with E-state index in [1.165, 1.54) is 33.9 Å². The van der Waals surface area contributed by atoms with Crippen LogP contribution < -0.4 is 0 Å². The lowest BCUT2D eigenvalue weighted by atomic mass is 9.82. The minimum Gasteiger partial charge on any atom is -0.299 e. The van der Waals surface area contributed by atoms with Gasteiger partial charge in [0, 0.05) is 12.3 Å². The molecule has 0 aromatic heterocycles. The summed E-state index contributed by atoms with van der Waals surface area (Å²) in [5.41, 5.74) is 3.65. The van der Waals surface area contributed by atoms with Crippen molar-refractivity contribution in [2.45, 2.75) is 31.6 Å². The molecule has 1 fully saturated rings. The molecule has 0 aliphatic heterocycles. The molecular formula is C22H20O. The standard InChI is InChI=1S/C22H20O/c23-22-11-4-3-9-21(22)18-14-12-17(13-15-18)20-10-5-7-16-6-1-2-8-19(16)20/h1-2,5-8,10,12-15,21H,3-4,9,11H2. The van der Waals surface area contributed by atoms with Crippen molar-refractivity contribution in [1.29, 1.82) is 0 Å². The highest BCUT2D eigenvalue weighted by Crippen LogP contribution is 2.33. The van der Waals surface area contributed by atoms with Gasteiger partial charge in [-0.2, -0.15) is 0 Å². The van der Waals surface area contributed by atoms with Crippen LogP contribution in [0.25, 0.3) is 21.9 Å². The SMILES string of the molecule is O=C1CCCCC1c1ccc(-c2cccc3ccccc23)cc1. The summed E-state index contributed by atoms with van der Waals surface area (Å²) in [7, 11) is 0. The third-order valence-corrected chi connectivity index (χ3v) is 4.97. The predicted molar refractivity (Wildman–Crippen MR) is 95.6 cm³/mol. The molecule has 4 rings (SSSR count). The molecule has 1 nitrogen and oxygen atoms in total. The second-order valence-corrected chi connectivity index (χ2v) is 6.41. The second kappa shape index (κ2) is 6.00. The molecule has 114 valence electrons. The highest BCUT2D eigenvalue weighted by atomic mass is 16.1. The lowest BCUT2D eigenvalue weighted by Crippen LogP contribution is -2.16. The summed E-state index contributed by atoms with van der Waals surface area (Å²) in [6.45, 7) is 0. The Bertz CT molecular complexity index is 840. The van der Waals surface area contributed by atoms with Crippen molar-refractivity contribution in [1.82, 2.24) is 0 Å². The highest BCUT2D eigenvalue weighted by molar-refractivity contribution is 5.96. The summed E-state index contributed by atoms with van der Waals surface area (Å²) in [4.78, 5) is 12.1. The molecule has 23 heavy (non-hydrogen) atoms. The average Bonchev–Trinajstić information content (AvgIpc) is 2.62. The molecule has 0 bridgehead atoms. The lowest BCUT2D eigenvalue weighted by molar-refractivity contribution is -0.121. The van der Waals surface area contributed by atoms with Crippen LogP contribution in [0.1, 0.15) is 37.2 Å². The van der Waals surface area contributed by atoms with Gasteiger partial charge in [0.2, 0.25) is 0 Å². The van der Waals surface area contributed by atoms with Gasteiger partial charge in [0.15, 0.2) is 0 Å².